The summed E-state index contributed by atoms with van der Waals surface area (Å²) in [6.07, 6.45) is 8.40. The molecule has 12 heteroatoms. The molecule has 0 bridgehead atoms. The number of morpholine rings is 1. The van der Waals surface area contributed by atoms with Gasteiger partial charge in [-0.2, -0.15) is 0 Å². The van der Waals surface area contributed by atoms with Crippen molar-refractivity contribution in [1.29, 1.82) is 0 Å². The molecule has 11 nitrogen and oxygen atoms in total. The Morgan fingerprint density at radius 2 is 1.83 bits per heavy atom. The van der Waals surface area contributed by atoms with Crippen LogP contribution in [0.5, 0.6) is 0 Å². The van der Waals surface area contributed by atoms with Gasteiger partial charge in [0.2, 0.25) is 0 Å². The predicted molar refractivity (Wildman–Crippen MR) is 183 cm³/mol. The van der Waals surface area contributed by atoms with E-state index in [2.05, 4.69) is 10.3 Å². The van der Waals surface area contributed by atoms with Crippen molar-refractivity contribution in [2.24, 2.45) is 7.05 Å². The molecule has 2 amide bonds. The Hall–Kier alpha value is -4.81. The second kappa shape index (κ2) is 13.4. The molecular formula is C36H37N5O6S. The van der Waals surface area contributed by atoms with E-state index < -0.39 is 5.97 Å². The first kappa shape index (κ1) is 31.8. The minimum Gasteiger partial charge on any atom is -0.461 e. The minimum absolute atomic E-state index is 0.0266. The summed E-state index contributed by atoms with van der Waals surface area (Å²) in [4.78, 5) is 62.3. The van der Waals surface area contributed by atoms with Crippen LogP contribution in [0.1, 0.15) is 61.4 Å². The van der Waals surface area contributed by atoms with Gasteiger partial charge in [0, 0.05) is 62.0 Å². The second-order valence-electron chi connectivity index (χ2n) is 12.3. The fraction of sp³-hybridized carbons (Fsp3) is 0.361. The highest BCUT2D eigenvalue weighted by molar-refractivity contribution is 7.14. The summed E-state index contributed by atoms with van der Waals surface area (Å²) >= 11 is 1.63. The van der Waals surface area contributed by atoms with Crippen LogP contribution in [-0.2, 0) is 47.2 Å². The number of anilines is 3. The Bertz CT molecular complexity index is 1960. The van der Waals surface area contributed by atoms with Crippen molar-refractivity contribution in [2.45, 2.75) is 45.6 Å². The van der Waals surface area contributed by atoms with Crippen molar-refractivity contribution in [1.82, 2.24) is 14.5 Å². The molecule has 0 unspecified atom stereocenters. The van der Waals surface area contributed by atoms with Gasteiger partial charge in [0.1, 0.15) is 18.1 Å². The lowest BCUT2D eigenvalue weighted by atomic mass is 9.91. The Balaban J connectivity index is 1.21. The molecule has 0 radical (unpaired) electrons. The molecule has 0 atom stereocenters. The van der Waals surface area contributed by atoms with Gasteiger partial charge in [0.05, 0.1) is 29.3 Å². The maximum atomic E-state index is 14.0. The number of nitrogens with zero attached hydrogens (tertiary/aromatic N) is 4. The third kappa shape index (κ3) is 6.13. The summed E-state index contributed by atoms with van der Waals surface area (Å²) in [7, 11) is 1.67. The summed E-state index contributed by atoms with van der Waals surface area (Å²) < 4.78 is 12.4. The zero-order valence-corrected chi connectivity index (χ0v) is 27.9. The Kier molecular flexibility index (Phi) is 8.84. The highest BCUT2D eigenvalue weighted by Gasteiger charge is 2.33. The number of esters is 1. The van der Waals surface area contributed by atoms with E-state index >= 15 is 0 Å². The Morgan fingerprint density at radius 1 is 1.02 bits per heavy atom. The van der Waals surface area contributed by atoms with E-state index in [1.807, 2.05) is 18.2 Å². The molecule has 3 aliphatic rings. The number of amides is 2. The number of nitrogens with one attached hydrogen (secondary N) is 1. The molecule has 1 aliphatic carbocycles. The fourth-order valence-corrected chi connectivity index (χ4v) is 8.19. The van der Waals surface area contributed by atoms with Crippen LogP contribution in [0.2, 0.25) is 0 Å². The number of aryl methyl sites for hydroxylation is 2. The molecule has 4 aromatic rings. The number of hydrogen-bond donors (Lipinski definition) is 1. The molecule has 5 heterocycles. The van der Waals surface area contributed by atoms with Crippen molar-refractivity contribution in [3.05, 3.63) is 91.2 Å². The fourth-order valence-electron chi connectivity index (χ4n) is 6.80. The molecule has 1 N–H and O–H groups in total. The van der Waals surface area contributed by atoms with Gasteiger partial charge >= 0.3 is 5.97 Å². The van der Waals surface area contributed by atoms with Crippen LogP contribution in [0.15, 0.2) is 53.6 Å². The molecule has 1 aromatic carbocycles. The smallest absolute Gasteiger partial charge is 0.302 e. The molecule has 0 spiro atoms. The number of carbonyl (C=O) groups excluding carboxylic acids is 3. The van der Waals surface area contributed by atoms with E-state index in [1.54, 1.807) is 52.6 Å². The monoisotopic (exact) mass is 667 g/mol. The van der Waals surface area contributed by atoms with Gasteiger partial charge in [-0.25, -0.2) is 4.98 Å². The van der Waals surface area contributed by atoms with Crippen LogP contribution in [0, 0.1) is 0 Å². The van der Waals surface area contributed by atoms with Gasteiger partial charge in [0.25, 0.3) is 17.4 Å². The van der Waals surface area contributed by atoms with Crippen LogP contribution in [0.3, 0.4) is 0 Å². The van der Waals surface area contributed by atoms with E-state index in [0.717, 1.165) is 42.5 Å². The molecule has 248 valence electrons. The van der Waals surface area contributed by atoms with Gasteiger partial charge in [0.15, 0.2) is 0 Å². The van der Waals surface area contributed by atoms with Crippen LogP contribution in [-0.4, -0.2) is 65.1 Å². The Morgan fingerprint density at radius 3 is 2.60 bits per heavy atom. The zero-order valence-electron chi connectivity index (χ0n) is 27.0. The maximum absolute atomic E-state index is 14.0. The van der Waals surface area contributed by atoms with Crippen molar-refractivity contribution in [2.75, 3.05) is 43.1 Å². The topological polar surface area (TPSA) is 123 Å². The van der Waals surface area contributed by atoms with Crippen LogP contribution in [0.25, 0.3) is 11.1 Å². The first-order valence-electron chi connectivity index (χ1n) is 16.3. The maximum Gasteiger partial charge on any atom is 0.302 e. The molecule has 7 rings (SSSR count). The van der Waals surface area contributed by atoms with E-state index in [1.165, 1.54) is 33.7 Å². The zero-order chi connectivity index (χ0) is 33.4. The number of carbonyl (C=O) groups is 3. The van der Waals surface area contributed by atoms with E-state index in [-0.39, 0.29) is 29.7 Å². The van der Waals surface area contributed by atoms with Gasteiger partial charge in [-0.05, 0) is 73.1 Å². The highest BCUT2D eigenvalue weighted by atomic mass is 32.1. The predicted octanol–water partition coefficient (Wildman–Crippen LogP) is 4.87. The van der Waals surface area contributed by atoms with Gasteiger partial charge in [-0.3, -0.25) is 19.2 Å². The van der Waals surface area contributed by atoms with E-state index in [9.17, 15) is 19.2 Å². The van der Waals surface area contributed by atoms with Crippen LogP contribution < -0.4 is 15.8 Å². The first-order valence-corrected chi connectivity index (χ1v) is 17.1. The summed E-state index contributed by atoms with van der Waals surface area (Å²) in [6, 6.07) is 10.8. The normalized spacial score (nSPS) is 15.9. The molecule has 3 aromatic heterocycles. The number of pyridine rings is 2. The molecule has 1 fully saturated rings. The summed E-state index contributed by atoms with van der Waals surface area (Å²) in [6.45, 7) is 3.94. The highest BCUT2D eigenvalue weighted by Crippen LogP contribution is 2.40. The molecule has 48 heavy (non-hydrogen) atoms. The van der Waals surface area contributed by atoms with Crippen molar-refractivity contribution >= 4 is 46.3 Å². The van der Waals surface area contributed by atoms with Gasteiger partial charge < -0.3 is 29.2 Å². The molecule has 1 saturated heterocycles. The first-order chi connectivity index (χ1) is 23.3. The largest absolute Gasteiger partial charge is 0.461 e. The Labute approximate surface area is 282 Å². The van der Waals surface area contributed by atoms with Gasteiger partial charge in [-0.15, -0.1) is 11.3 Å². The lowest BCUT2D eigenvalue weighted by Gasteiger charge is -2.30. The molecule has 2 aliphatic heterocycles. The lowest BCUT2D eigenvalue weighted by molar-refractivity contribution is -0.142. The standard InChI is InChI=1S/C36H37N5O6S/c1-22(42)47-21-28-25(7-5-8-30(28)41-13-12-27-26-6-3-4-9-31(26)48-33(27)36(41)45)24-18-29(35(44)39(2)20-24)38-32-11-10-23(19-37-32)34(43)40-14-16-46-17-15-40/h5,7-8,10-11,18-20H,3-4,6,9,12-17,21H2,1-2H3,(H,37,38). The third-order valence-corrected chi connectivity index (χ3v) is 10.6. The number of fused-ring (bicyclic) bond motifs is 3. The number of ether oxygens (including phenoxy) is 2. The number of rotatable bonds is 7. The summed E-state index contributed by atoms with van der Waals surface area (Å²) in [5.74, 6) is -0.165. The average Bonchev–Trinajstić information content (AvgIpc) is 3.49. The van der Waals surface area contributed by atoms with Crippen LogP contribution >= 0.6 is 11.3 Å². The molecule has 0 saturated carbocycles. The van der Waals surface area contributed by atoms with Crippen molar-refractivity contribution in [3.8, 4) is 11.1 Å². The third-order valence-electron chi connectivity index (χ3n) is 9.23. The summed E-state index contributed by atoms with van der Waals surface area (Å²) in [5.41, 5.74) is 5.83. The number of hydrogen-bond acceptors (Lipinski definition) is 9. The van der Waals surface area contributed by atoms with Crippen molar-refractivity contribution in [3.63, 3.8) is 0 Å². The number of benzene rings is 1. The van der Waals surface area contributed by atoms with E-state index in [4.69, 9.17) is 9.47 Å². The lowest BCUT2D eigenvalue weighted by Crippen LogP contribution is -2.40. The summed E-state index contributed by atoms with van der Waals surface area (Å²) in [5, 5.41) is 3.12. The van der Waals surface area contributed by atoms with E-state index in [0.29, 0.717) is 61.0 Å². The number of thiophene rings is 1. The van der Waals surface area contributed by atoms with Gasteiger partial charge in [-0.1, -0.05) is 12.1 Å². The van der Waals surface area contributed by atoms with Crippen LogP contribution in [0.4, 0.5) is 17.2 Å². The minimum atomic E-state index is -0.432. The molecular weight excluding hydrogens is 630 g/mol. The van der Waals surface area contributed by atoms with Crippen molar-refractivity contribution < 1.29 is 23.9 Å². The number of aromatic nitrogens is 2. The average molecular weight is 668 g/mol. The SMILES string of the molecule is CC(=O)OCc1c(-c2cc(Nc3ccc(C(=O)N4CCOCC4)cn3)c(=O)n(C)c2)cccc1N1CCc2c(sc3c2CCCC3)C1=O. The second-order valence-corrected chi connectivity index (χ2v) is 13.4. The quantitative estimate of drug-likeness (QED) is 0.277.